The minimum absolute atomic E-state index is 0.00148. The molecular formula is C8H14N2O2S. The van der Waals surface area contributed by atoms with E-state index in [1.54, 1.807) is 20.0 Å². The first-order valence-electron chi connectivity index (χ1n) is 4.14. The molecule has 0 unspecified atom stereocenters. The summed E-state index contributed by atoms with van der Waals surface area (Å²) >= 11 is 0. The molecule has 0 fully saturated rings. The lowest BCUT2D eigenvalue weighted by Crippen LogP contribution is -2.16. The van der Waals surface area contributed by atoms with E-state index in [0.29, 0.717) is 5.82 Å². The topological polar surface area (TPSA) is 62.8 Å². The van der Waals surface area contributed by atoms with Crippen LogP contribution in [0.2, 0.25) is 0 Å². The van der Waals surface area contributed by atoms with Crippen LogP contribution in [0.5, 0.6) is 0 Å². The predicted molar refractivity (Wildman–Crippen MR) is 51.1 cm³/mol. The quantitative estimate of drug-likeness (QED) is 0.796. The van der Waals surface area contributed by atoms with Gasteiger partial charge in [0.2, 0.25) is 0 Å². The average molecular weight is 202 g/mol. The second-order valence-electron chi connectivity index (χ2n) is 3.37. The van der Waals surface area contributed by atoms with Crippen molar-refractivity contribution >= 4 is 9.84 Å². The number of sulfone groups is 1. The Morgan fingerprint density at radius 3 is 2.54 bits per heavy atom. The van der Waals surface area contributed by atoms with Gasteiger partial charge in [-0.1, -0.05) is 0 Å². The molecule has 5 heteroatoms. The number of aromatic nitrogens is 2. The highest BCUT2D eigenvalue weighted by Crippen LogP contribution is 2.07. The molecule has 0 aromatic carbocycles. The molecular weight excluding hydrogens is 188 g/mol. The molecule has 4 nitrogen and oxygen atoms in total. The van der Waals surface area contributed by atoms with E-state index in [2.05, 4.69) is 9.97 Å². The summed E-state index contributed by atoms with van der Waals surface area (Å²) in [5, 5.41) is -0.349. The van der Waals surface area contributed by atoms with Crippen LogP contribution in [-0.2, 0) is 15.6 Å². The molecule has 0 saturated heterocycles. The molecule has 0 aliphatic rings. The summed E-state index contributed by atoms with van der Waals surface area (Å²) in [6.45, 7) is 5.19. The number of hydrogen-bond acceptors (Lipinski definition) is 3. The largest absolute Gasteiger partial charge is 0.345 e. The number of H-pyrrole nitrogens is 1. The Bertz CT molecular complexity index is 379. The van der Waals surface area contributed by atoms with Crippen LogP contribution < -0.4 is 0 Å². The molecule has 0 spiro atoms. The molecule has 0 aliphatic heterocycles. The molecule has 0 amide bonds. The van der Waals surface area contributed by atoms with Gasteiger partial charge in [0.15, 0.2) is 9.84 Å². The first-order valence-corrected chi connectivity index (χ1v) is 5.85. The molecule has 1 aromatic heterocycles. The number of hydrogen-bond donors (Lipinski definition) is 1. The Morgan fingerprint density at radius 1 is 1.54 bits per heavy atom. The van der Waals surface area contributed by atoms with Gasteiger partial charge in [0.05, 0.1) is 5.25 Å². The van der Waals surface area contributed by atoms with Gasteiger partial charge in [-0.25, -0.2) is 13.4 Å². The Morgan fingerprint density at radius 2 is 2.15 bits per heavy atom. The maximum Gasteiger partial charge on any atom is 0.159 e. The molecule has 1 aromatic rings. The number of nitrogens with one attached hydrogen (secondary N) is 1. The Kier molecular flexibility index (Phi) is 2.75. The van der Waals surface area contributed by atoms with E-state index >= 15 is 0 Å². The summed E-state index contributed by atoms with van der Waals surface area (Å²) < 4.78 is 22.9. The lowest BCUT2D eigenvalue weighted by Gasteiger charge is -2.04. The van der Waals surface area contributed by atoms with Crippen LogP contribution in [0.1, 0.15) is 25.4 Å². The monoisotopic (exact) mass is 202 g/mol. The van der Waals surface area contributed by atoms with E-state index in [4.69, 9.17) is 0 Å². The zero-order valence-corrected chi connectivity index (χ0v) is 8.85. The second-order valence-corrected chi connectivity index (χ2v) is 5.93. The van der Waals surface area contributed by atoms with Crippen LogP contribution in [-0.4, -0.2) is 23.6 Å². The average Bonchev–Trinajstić information content (AvgIpc) is 2.34. The van der Waals surface area contributed by atoms with Gasteiger partial charge in [0.25, 0.3) is 0 Å². The fourth-order valence-corrected chi connectivity index (χ4v) is 1.76. The van der Waals surface area contributed by atoms with Crippen molar-refractivity contribution in [1.82, 2.24) is 9.97 Å². The van der Waals surface area contributed by atoms with Crippen molar-refractivity contribution in [3.05, 3.63) is 17.7 Å². The summed E-state index contributed by atoms with van der Waals surface area (Å²) in [5.74, 6) is 0.518. The van der Waals surface area contributed by atoms with Gasteiger partial charge in [-0.15, -0.1) is 0 Å². The summed E-state index contributed by atoms with van der Waals surface area (Å²) in [6, 6.07) is 0. The number of aryl methyl sites for hydroxylation is 1. The molecule has 1 rings (SSSR count). The van der Waals surface area contributed by atoms with Crippen molar-refractivity contribution in [1.29, 1.82) is 0 Å². The van der Waals surface area contributed by atoms with Gasteiger partial charge in [0.1, 0.15) is 11.6 Å². The number of aromatic amines is 1. The van der Waals surface area contributed by atoms with E-state index in [-0.39, 0.29) is 11.0 Å². The van der Waals surface area contributed by atoms with Gasteiger partial charge in [0, 0.05) is 11.9 Å². The zero-order chi connectivity index (χ0) is 10.1. The summed E-state index contributed by atoms with van der Waals surface area (Å²) in [7, 11) is -3.03. The third-order valence-corrected chi connectivity index (χ3v) is 3.92. The fourth-order valence-electron chi connectivity index (χ4n) is 0.897. The van der Waals surface area contributed by atoms with Crippen LogP contribution in [0.3, 0.4) is 0 Å². The third kappa shape index (κ3) is 2.55. The van der Waals surface area contributed by atoms with Gasteiger partial charge in [-0.2, -0.15) is 0 Å². The summed E-state index contributed by atoms with van der Waals surface area (Å²) in [5.41, 5.74) is 0.883. The predicted octanol–water partition coefficient (Wildman–Crippen LogP) is 1.04. The lowest BCUT2D eigenvalue weighted by molar-refractivity contribution is 0.585. The summed E-state index contributed by atoms with van der Waals surface area (Å²) in [6.07, 6.45) is 1.63. The lowest BCUT2D eigenvalue weighted by atomic mass is 10.6. The third-order valence-electron chi connectivity index (χ3n) is 1.81. The minimum Gasteiger partial charge on any atom is -0.345 e. The zero-order valence-electron chi connectivity index (χ0n) is 8.03. The van der Waals surface area contributed by atoms with Crippen LogP contribution in [0.4, 0.5) is 0 Å². The highest BCUT2D eigenvalue weighted by molar-refractivity contribution is 7.91. The van der Waals surface area contributed by atoms with Crippen molar-refractivity contribution in [3.8, 4) is 0 Å². The van der Waals surface area contributed by atoms with E-state index in [1.165, 1.54) is 0 Å². The molecule has 0 atom stereocenters. The number of rotatable bonds is 3. The van der Waals surface area contributed by atoms with Crippen molar-refractivity contribution < 1.29 is 8.42 Å². The molecule has 0 bridgehead atoms. The van der Waals surface area contributed by atoms with Crippen molar-refractivity contribution in [2.24, 2.45) is 0 Å². The van der Waals surface area contributed by atoms with Crippen LogP contribution in [0.25, 0.3) is 0 Å². The normalized spacial score (nSPS) is 12.3. The Balaban J connectivity index is 2.81. The van der Waals surface area contributed by atoms with E-state index in [0.717, 1.165) is 5.69 Å². The first-order chi connectivity index (χ1) is 5.92. The van der Waals surface area contributed by atoms with Crippen molar-refractivity contribution in [2.75, 3.05) is 0 Å². The van der Waals surface area contributed by atoms with E-state index in [9.17, 15) is 8.42 Å². The minimum atomic E-state index is -3.03. The van der Waals surface area contributed by atoms with Gasteiger partial charge in [-0.05, 0) is 20.8 Å². The van der Waals surface area contributed by atoms with Gasteiger partial charge in [-0.3, -0.25) is 0 Å². The highest BCUT2D eigenvalue weighted by atomic mass is 32.2. The maximum absolute atomic E-state index is 11.4. The van der Waals surface area contributed by atoms with Crippen molar-refractivity contribution in [3.63, 3.8) is 0 Å². The standard InChI is InChI=1S/C8H14N2O2S/c1-6(2)13(11,12)5-8-9-4-7(3)10-8/h4,6H,5H2,1-3H3,(H,9,10). The van der Waals surface area contributed by atoms with E-state index in [1.807, 2.05) is 6.92 Å². The smallest absolute Gasteiger partial charge is 0.159 e. The SMILES string of the molecule is Cc1cnc(CS(=O)(=O)C(C)C)[nH]1. The molecule has 74 valence electrons. The van der Waals surface area contributed by atoms with E-state index < -0.39 is 9.84 Å². The Labute approximate surface area is 78.3 Å². The van der Waals surface area contributed by atoms with Crippen LogP contribution >= 0.6 is 0 Å². The fraction of sp³-hybridized carbons (Fsp3) is 0.625. The first kappa shape index (κ1) is 10.2. The number of imidazole rings is 1. The molecule has 1 heterocycles. The summed E-state index contributed by atoms with van der Waals surface area (Å²) in [4.78, 5) is 6.85. The molecule has 13 heavy (non-hydrogen) atoms. The van der Waals surface area contributed by atoms with Crippen LogP contribution in [0, 0.1) is 6.92 Å². The van der Waals surface area contributed by atoms with Crippen LogP contribution in [0.15, 0.2) is 6.20 Å². The number of nitrogens with zero attached hydrogens (tertiary/aromatic N) is 1. The highest BCUT2D eigenvalue weighted by Gasteiger charge is 2.18. The van der Waals surface area contributed by atoms with Gasteiger partial charge >= 0.3 is 0 Å². The maximum atomic E-state index is 11.4. The molecule has 0 radical (unpaired) electrons. The molecule has 1 N–H and O–H groups in total. The van der Waals surface area contributed by atoms with Gasteiger partial charge < -0.3 is 4.98 Å². The molecule has 0 saturated carbocycles. The van der Waals surface area contributed by atoms with Crippen molar-refractivity contribution in [2.45, 2.75) is 31.8 Å². The second kappa shape index (κ2) is 3.49. The Hall–Kier alpha value is -0.840. The molecule has 0 aliphatic carbocycles.